The zero-order chi connectivity index (χ0) is 22.0. The number of primary amides is 1. The molecule has 1 aliphatic carbocycles. The predicted octanol–water partition coefficient (Wildman–Crippen LogP) is 3.84. The Balaban J connectivity index is 1.55. The van der Waals surface area contributed by atoms with Crippen molar-refractivity contribution in [3.8, 4) is 11.5 Å². The Hall–Kier alpha value is -3.26. The lowest BCUT2D eigenvalue weighted by Crippen LogP contribution is -2.32. The third-order valence-corrected chi connectivity index (χ3v) is 5.87. The van der Waals surface area contributed by atoms with Gasteiger partial charge in [-0.2, -0.15) is 0 Å². The van der Waals surface area contributed by atoms with Crippen molar-refractivity contribution in [3.63, 3.8) is 0 Å². The molecule has 1 fully saturated rings. The van der Waals surface area contributed by atoms with Crippen molar-refractivity contribution in [3.05, 3.63) is 53.1 Å². The van der Waals surface area contributed by atoms with Crippen LogP contribution >= 0.6 is 0 Å². The van der Waals surface area contributed by atoms with Gasteiger partial charge in [0, 0.05) is 17.3 Å². The van der Waals surface area contributed by atoms with Crippen molar-refractivity contribution in [2.24, 2.45) is 5.73 Å². The summed E-state index contributed by atoms with van der Waals surface area (Å²) in [7, 11) is 1.61. The van der Waals surface area contributed by atoms with E-state index in [1.807, 2.05) is 24.3 Å². The molecule has 8 heteroatoms. The molecule has 0 radical (unpaired) electrons. The molecule has 8 nitrogen and oxygen atoms in total. The minimum absolute atomic E-state index is 0.0855. The van der Waals surface area contributed by atoms with Gasteiger partial charge in [0.1, 0.15) is 0 Å². The van der Waals surface area contributed by atoms with Gasteiger partial charge in [0.05, 0.1) is 26.3 Å². The maximum Gasteiger partial charge on any atom is 0.338 e. The van der Waals surface area contributed by atoms with Crippen LogP contribution in [-0.4, -0.2) is 35.4 Å². The number of benzene rings is 2. The van der Waals surface area contributed by atoms with E-state index in [1.165, 1.54) is 6.42 Å². The van der Waals surface area contributed by atoms with Crippen molar-refractivity contribution in [1.29, 1.82) is 0 Å². The Morgan fingerprint density at radius 1 is 1.16 bits per heavy atom. The van der Waals surface area contributed by atoms with Gasteiger partial charge in [0.25, 0.3) is 5.91 Å². The van der Waals surface area contributed by atoms with Gasteiger partial charge in [-0.05, 0) is 55.0 Å². The standard InChI is InChI=1S/C23H27N3O5/c1-30-20-10-9-17(12-21(20)31-18-5-3-2-4-6-18)25-14-16-8-7-15(11-19(16)22(25)27)13-26(29)23(24)28/h7-12,18,29H,2-6,13-14H2,1H3,(H2,24,28). The van der Waals surface area contributed by atoms with Gasteiger partial charge in [0.2, 0.25) is 0 Å². The SMILES string of the molecule is COc1ccc(N2Cc3ccc(CN(O)C(N)=O)cc3C2=O)cc1OC1CCCCC1. The molecule has 2 aromatic rings. The lowest BCUT2D eigenvalue weighted by Gasteiger charge is -2.25. The number of ether oxygens (including phenoxy) is 2. The number of carbonyl (C=O) groups is 2. The summed E-state index contributed by atoms with van der Waals surface area (Å²) in [6.45, 7) is 0.347. The van der Waals surface area contributed by atoms with E-state index in [2.05, 4.69) is 0 Å². The fourth-order valence-corrected chi connectivity index (χ4v) is 4.19. The van der Waals surface area contributed by atoms with Crippen LogP contribution < -0.4 is 20.1 Å². The number of hydrogen-bond donors (Lipinski definition) is 2. The number of anilines is 1. The van der Waals surface area contributed by atoms with Crippen LogP contribution in [0.5, 0.6) is 11.5 Å². The molecule has 2 aromatic carbocycles. The molecule has 0 bridgehead atoms. The monoisotopic (exact) mass is 425 g/mol. The second kappa shape index (κ2) is 8.85. The number of fused-ring (bicyclic) bond motifs is 1. The summed E-state index contributed by atoms with van der Waals surface area (Å²) in [5.41, 5.74) is 7.84. The average molecular weight is 425 g/mol. The first-order chi connectivity index (χ1) is 15.0. The summed E-state index contributed by atoms with van der Waals surface area (Å²) in [4.78, 5) is 25.9. The minimum Gasteiger partial charge on any atom is -0.493 e. The first-order valence-corrected chi connectivity index (χ1v) is 10.5. The quantitative estimate of drug-likeness (QED) is 0.540. The number of rotatable bonds is 6. The first kappa shape index (κ1) is 21.0. The van der Waals surface area contributed by atoms with Crippen LogP contribution in [0.2, 0.25) is 0 Å². The van der Waals surface area contributed by atoms with E-state index in [-0.39, 0.29) is 18.6 Å². The number of hydroxylamine groups is 2. The van der Waals surface area contributed by atoms with E-state index in [9.17, 15) is 14.8 Å². The lowest BCUT2D eigenvalue weighted by atomic mass is 9.98. The molecule has 0 unspecified atom stereocenters. The predicted molar refractivity (Wildman–Crippen MR) is 114 cm³/mol. The molecule has 0 atom stereocenters. The Bertz CT molecular complexity index is 987. The van der Waals surface area contributed by atoms with Crippen LogP contribution in [0.4, 0.5) is 10.5 Å². The van der Waals surface area contributed by atoms with E-state index in [1.54, 1.807) is 24.1 Å². The van der Waals surface area contributed by atoms with Crippen LogP contribution in [-0.2, 0) is 13.1 Å². The molecule has 1 heterocycles. The van der Waals surface area contributed by atoms with Crippen LogP contribution in [0.15, 0.2) is 36.4 Å². The first-order valence-electron chi connectivity index (χ1n) is 10.5. The largest absolute Gasteiger partial charge is 0.493 e. The molecule has 3 amide bonds. The summed E-state index contributed by atoms with van der Waals surface area (Å²) in [5.74, 6) is 1.15. The van der Waals surface area contributed by atoms with Gasteiger partial charge < -0.3 is 20.1 Å². The topological polar surface area (TPSA) is 105 Å². The van der Waals surface area contributed by atoms with Crippen LogP contribution in [0.25, 0.3) is 0 Å². The second-order valence-corrected chi connectivity index (χ2v) is 7.99. The van der Waals surface area contributed by atoms with Crippen LogP contribution in [0.1, 0.15) is 53.6 Å². The highest BCUT2D eigenvalue weighted by Gasteiger charge is 2.30. The molecule has 3 N–H and O–H groups in total. The van der Waals surface area contributed by atoms with Crippen LogP contribution in [0, 0.1) is 0 Å². The smallest absolute Gasteiger partial charge is 0.338 e. The van der Waals surface area contributed by atoms with Gasteiger partial charge in [-0.3, -0.25) is 10.0 Å². The molecule has 0 aromatic heterocycles. The molecule has 164 valence electrons. The van der Waals surface area contributed by atoms with Gasteiger partial charge in [-0.15, -0.1) is 0 Å². The second-order valence-electron chi connectivity index (χ2n) is 7.99. The minimum atomic E-state index is -0.947. The Morgan fingerprint density at radius 3 is 2.65 bits per heavy atom. The van der Waals surface area contributed by atoms with Crippen molar-refractivity contribution in [1.82, 2.24) is 5.06 Å². The van der Waals surface area contributed by atoms with E-state index in [0.29, 0.717) is 34.2 Å². The Morgan fingerprint density at radius 2 is 1.94 bits per heavy atom. The van der Waals surface area contributed by atoms with Crippen molar-refractivity contribution in [2.75, 3.05) is 12.0 Å². The maximum absolute atomic E-state index is 13.1. The van der Waals surface area contributed by atoms with E-state index >= 15 is 0 Å². The zero-order valence-corrected chi connectivity index (χ0v) is 17.5. The third kappa shape index (κ3) is 4.44. The number of nitrogens with two attached hydrogens (primary N) is 1. The normalized spacial score (nSPS) is 16.2. The number of hydrogen-bond acceptors (Lipinski definition) is 5. The van der Waals surface area contributed by atoms with Crippen molar-refractivity contribution >= 4 is 17.6 Å². The Labute approximate surface area is 181 Å². The fraction of sp³-hybridized carbons (Fsp3) is 0.391. The zero-order valence-electron chi connectivity index (χ0n) is 17.5. The highest BCUT2D eigenvalue weighted by Crippen LogP contribution is 2.37. The third-order valence-electron chi connectivity index (χ3n) is 5.87. The summed E-state index contributed by atoms with van der Waals surface area (Å²) in [6.07, 6.45) is 5.78. The molecule has 0 spiro atoms. The molecule has 1 aliphatic heterocycles. The fourth-order valence-electron chi connectivity index (χ4n) is 4.19. The van der Waals surface area contributed by atoms with E-state index in [4.69, 9.17) is 15.2 Å². The number of nitrogens with zero attached hydrogens (tertiary/aromatic N) is 2. The summed E-state index contributed by atoms with van der Waals surface area (Å²) < 4.78 is 11.7. The highest BCUT2D eigenvalue weighted by molar-refractivity contribution is 6.10. The number of urea groups is 1. The summed E-state index contributed by atoms with van der Waals surface area (Å²) >= 11 is 0. The average Bonchev–Trinajstić information content (AvgIpc) is 3.10. The van der Waals surface area contributed by atoms with Crippen molar-refractivity contribution < 1.29 is 24.3 Å². The molecular weight excluding hydrogens is 398 g/mol. The number of carbonyl (C=O) groups excluding carboxylic acids is 2. The van der Waals surface area contributed by atoms with Crippen LogP contribution in [0.3, 0.4) is 0 Å². The molecular formula is C23H27N3O5. The highest BCUT2D eigenvalue weighted by atomic mass is 16.5. The molecule has 0 saturated heterocycles. The summed E-state index contributed by atoms with van der Waals surface area (Å²) in [6, 6.07) is 9.88. The van der Waals surface area contributed by atoms with E-state index < -0.39 is 6.03 Å². The maximum atomic E-state index is 13.1. The summed E-state index contributed by atoms with van der Waals surface area (Å²) in [5, 5.41) is 9.99. The molecule has 2 aliphatic rings. The Kier molecular flexibility index (Phi) is 5.99. The van der Waals surface area contributed by atoms with Crippen molar-refractivity contribution in [2.45, 2.75) is 51.3 Å². The molecule has 31 heavy (non-hydrogen) atoms. The lowest BCUT2D eigenvalue weighted by molar-refractivity contribution is -0.0470. The van der Waals surface area contributed by atoms with Gasteiger partial charge in [-0.25, -0.2) is 9.86 Å². The van der Waals surface area contributed by atoms with E-state index in [0.717, 1.165) is 36.9 Å². The number of amides is 3. The molecule has 4 rings (SSSR count). The van der Waals surface area contributed by atoms with Gasteiger partial charge >= 0.3 is 6.03 Å². The van der Waals surface area contributed by atoms with Gasteiger partial charge in [-0.1, -0.05) is 18.6 Å². The molecule has 1 saturated carbocycles. The number of methoxy groups -OCH3 is 1. The van der Waals surface area contributed by atoms with Gasteiger partial charge in [0.15, 0.2) is 11.5 Å².